The highest BCUT2D eigenvalue weighted by Gasteiger charge is 2.18. The number of nitrogens with zero attached hydrogens (tertiary/aromatic N) is 2. The molecule has 1 heterocycles. The van der Waals surface area contributed by atoms with Crippen LogP contribution in [0.2, 0.25) is 0 Å². The van der Waals surface area contributed by atoms with Crippen LogP contribution in [0.4, 0.5) is 5.69 Å². The molecule has 0 aliphatic carbocycles. The van der Waals surface area contributed by atoms with Gasteiger partial charge in [0.15, 0.2) is 0 Å². The van der Waals surface area contributed by atoms with E-state index < -0.39 is 0 Å². The van der Waals surface area contributed by atoms with Gasteiger partial charge < -0.3 is 15.4 Å². The van der Waals surface area contributed by atoms with Crippen LogP contribution in [0.5, 0.6) is 5.75 Å². The number of hydrogen-bond donors (Lipinski definition) is 1. The molecule has 1 aromatic carbocycles. The molecule has 4 heteroatoms. The smallest absolute Gasteiger partial charge is 0.142 e. The summed E-state index contributed by atoms with van der Waals surface area (Å²) in [5.74, 6) is 6.94. The van der Waals surface area contributed by atoms with E-state index in [9.17, 15) is 0 Å². The third-order valence-electron chi connectivity index (χ3n) is 3.33. The second-order valence-electron chi connectivity index (χ2n) is 4.49. The van der Waals surface area contributed by atoms with E-state index in [0.717, 1.165) is 38.5 Å². The van der Waals surface area contributed by atoms with E-state index in [4.69, 9.17) is 10.5 Å². The van der Waals surface area contributed by atoms with Crippen molar-refractivity contribution >= 4 is 5.69 Å². The Hall–Kier alpha value is -1.70. The van der Waals surface area contributed by atoms with Gasteiger partial charge in [-0.25, -0.2) is 0 Å². The second kappa shape index (κ2) is 7.03. The standard InChI is InChI=1S/C15H21N3O/c1-19-15-7-3-2-6-14(15)18-12-10-17(11-13-18)9-5-4-8-16/h2-3,6-7H,8-13,16H2,1H3. The van der Waals surface area contributed by atoms with Gasteiger partial charge in [0.05, 0.1) is 25.9 Å². The van der Waals surface area contributed by atoms with E-state index in [0.29, 0.717) is 6.54 Å². The highest BCUT2D eigenvalue weighted by Crippen LogP contribution is 2.28. The molecule has 0 saturated carbocycles. The molecule has 1 fully saturated rings. The first-order valence-electron chi connectivity index (χ1n) is 6.61. The van der Waals surface area contributed by atoms with E-state index in [1.54, 1.807) is 7.11 Å². The summed E-state index contributed by atoms with van der Waals surface area (Å²) in [5.41, 5.74) is 6.54. The van der Waals surface area contributed by atoms with Crippen LogP contribution in [-0.2, 0) is 0 Å². The molecule has 2 rings (SSSR count). The van der Waals surface area contributed by atoms with E-state index >= 15 is 0 Å². The van der Waals surface area contributed by atoms with Gasteiger partial charge in [0, 0.05) is 26.2 Å². The minimum atomic E-state index is 0.446. The molecule has 1 aliphatic heterocycles. The average molecular weight is 259 g/mol. The lowest BCUT2D eigenvalue weighted by atomic mass is 10.2. The van der Waals surface area contributed by atoms with Crippen LogP contribution in [0.3, 0.4) is 0 Å². The van der Waals surface area contributed by atoms with Gasteiger partial charge in [0.2, 0.25) is 0 Å². The number of methoxy groups -OCH3 is 1. The van der Waals surface area contributed by atoms with Crippen molar-refractivity contribution in [3.63, 3.8) is 0 Å². The first-order valence-corrected chi connectivity index (χ1v) is 6.61. The predicted molar refractivity (Wildman–Crippen MR) is 78.5 cm³/mol. The molecule has 0 radical (unpaired) electrons. The molecule has 4 nitrogen and oxygen atoms in total. The zero-order valence-corrected chi connectivity index (χ0v) is 11.4. The van der Waals surface area contributed by atoms with Crippen molar-refractivity contribution < 1.29 is 4.74 Å². The van der Waals surface area contributed by atoms with Crippen LogP contribution < -0.4 is 15.4 Å². The van der Waals surface area contributed by atoms with Gasteiger partial charge in [-0.1, -0.05) is 24.0 Å². The van der Waals surface area contributed by atoms with Gasteiger partial charge in [0.1, 0.15) is 5.75 Å². The first-order chi connectivity index (χ1) is 9.35. The van der Waals surface area contributed by atoms with Crippen molar-refractivity contribution in [1.82, 2.24) is 4.90 Å². The Morgan fingerprint density at radius 3 is 2.58 bits per heavy atom. The summed E-state index contributed by atoms with van der Waals surface area (Å²) in [6.45, 7) is 5.32. The molecule has 1 saturated heterocycles. The molecule has 1 aromatic rings. The van der Waals surface area contributed by atoms with Crippen molar-refractivity contribution in [2.75, 3.05) is 51.3 Å². The lowest BCUT2D eigenvalue weighted by Crippen LogP contribution is -2.46. The zero-order chi connectivity index (χ0) is 13.5. The van der Waals surface area contributed by atoms with Crippen LogP contribution in [0.25, 0.3) is 0 Å². The summed E-state index contributed by atoms with van der Waals surface area (Å²) in [6.07, 6.45) is 0. The Kier molecular flexibility index (Phi) is 5.08. The molecule has 102 valence electrons. The average Bonchev–Trinajstić information content (AvgIpc) is 2.48. The lowest BCUT2D eigenvalue weighted by molar-refractivity contribution is 0.287. The maximum absolute atomic E-state index is 5.41. The Balaban J connectivity index is 1.92. The SMILES string of the molecule is COc1ccccc1N1CCN(CC#CCN)CC1. The number of benzene rings is 1. The van der Waals surface area contributed by atoms with E-state index in [1.165, 1.54) is 5.69 Å². The number of piperazine rings is 1. The van der Waals surface area contributed by atoms with E-state index in [-0.39, 0.29) is 0 Å². The third kappa shape index (κ3) is 3.63. The summed E-state index contributed by atoms with van der Waals surface area (Å²) in [4.78, 5) is 4.72. The van der Waals surface area contributed by atoms with Gasteiger partial charge in [-0.15, -0.1) is 0 Å². The van der Waals surface area contributed by atoms with Crippen LogP contribution >= 0.6 is 0 Å². The fourth-order valence-electron chi connectivity index (χ4n) is 2.28. The number of hydrogen-bond acceptors (Lipinski definition) is 4. The van der Waals surface area contributed by atoms with Crippen LogP contribution in [0.15, 0.2) is 24.3 Å². The summed E-state index contributed by atoms with van der Waals surface area (Å²) < 4.78 is 5.41. The Labute approximate surface area is 115 Å². The Morgan fingerprint density at radius 1 is 1.16 bits per heavy atom. The number of rotatable bonds is 3. The molecule has 0 amide bonds. The van der Waals surface area contributed by atoms with Gasteiger partial charge in [0.25, 0.3) is 0 Å². The number of ether oxygens (including phenoxy) is 1. The third-order valence-corrected chi connectivity index (χ3v) is 3.33. The van der Waals surface area contributed by atoms with Gasteiger partial charge in [-0.05, 0) is 12.1 Å². The number of para-hydroxylation sites is 2. The fourth-order valence-corrected chi connectivity index (χ4v) is 2.28. The van der Waals surface area contributed by atoms with Crippen molar-refractivity contribution in [1.29, 1.82) is 0 Å². The van der Waals surface area contributed by atoms with Gasteiger partial charge >= 0.3 is 0 Å². The topological polar surface area (TPSA) is 41.7 Å². The monoisotopic (exact) mass is 259 g/mol. The molecule has 2 N–H and O–H groups in total. The van der Waals surface area contributed by atoms with Crippen molar-refractivity contribution in [3.8, 4) is 17.6 Å². The molecule has 0 spiro atoms. The maximum Gasteiger partial charge on any atom is 0.142 e. The minimum absolute atomic E-state index is 0.446. The van der Waals surface area contributed by atoms with Gasteiger partial charge in [-0.2, -0.15) is 0 Å². The molecule has 0 unspecified atom stereocenters. The van der Waals surface area contributed by atoms with Gasteiger partial charge in [-0.3, -0.25) is 4.90 Å². The molecular weight excluding hydrogens is 238 g/mol. The highest BCUT2D eigenvalue weighted by molar-refractivity contribution is 5.58. The number of nitrogens with two attached hydrogens (primary N) is 1. The van der Waals surface area contributed by atoms with Crippen molar-refractivity contribution in [2.24, 2.45) is 5.73 Å². The van der Waals surface area contributed by atoms with Crippen LogP contribution in [0, 0.1) is 11.8 Å². The highest BCUT2D eigenvalue weighted by atomic mass is 16.5. The molecule has 19 heavy (non-hydrogen) atoms. The molecule has 0 atom stereocenters. The summed E-state index contributed by atoms with van der Waals surface area (Å²) in [7, 11) is 1.72. The molecule has 0 aromatic heterocycles. The quantitative estimate of drug-likeness (QED) is 0.815. The largest absolute Gasteiger partial charge is 0.495 e. The van der Waals surface area contributed by atoms with E-state index in [1.807, 2.05) is 12.1 Å². The van der Waals surface area contributed by atoms with Crippen molar-refractivity contribution in [2.45, 2.75) is 0 Å². The molecule has 0 bridgehead atoms. The zero-order valence-electron chi connectivity index (χ0n) is 11.4. The number of anilines is 1. The van der Waals surface area contributed by atoms with Crippen LogP contribution in [0.1, 0.15) is 0 Å². The summed E-state index contributed by atoms with van der Waals surface area (Å²) in [6, 6.07) is 8.18. The molecule has 1 aliphatic rings. The normalized spacial score (nSPS) is 15.8. The predicted octanol–water partition coefficient (Wildman–Crippen LogP) is 0.779. The Bertz CT molecular complexity index is 456. The summed E-state index contributed by atoms with van der Waals surface area (Å²) >= 11 is 0. The fraction of sp³-hybridized carbons (Fsp3) is 0.467. The molecular formula is C15H21N3O. The van der Waals surface area contributed by atoms with Crippen LogP contribution in [-0.4, -0.2) is 51.3 Å². The summed E-state index contributed by atoms with van der Waals surface area (Å²) in [5, 5.41) is 0. The lowest BCUT2D eigenvalue weighted by Gasteiger charge is -2.35. The van der Waals surface area contributed by atoms with E-state index in [2.05, 4.69) is 33.8 Å². The van der Waals surface area contributed by atoms with Crippen molar-refractivity contribution in [3.05, 3.63) is 24.3 Å². The first kappa shape index (κ1) is 13.7. The second-order valence-corrected chi connectivity index (χ2v) is 4.49. The Morgan fingerprint density at radius 2 is 1.89 bits per heavy atom. The minimum Gasteiger partial charge on any atom is -0.495 e. The maximum atomic E-state index is 5.41.